The van der Waals surface area contributed by atoms with Gasteiger partial charge < -0.3 is 5.32 Å². The maximum atomic E-state index is 6.18. The molecule has 0 aliphatic carbocycles. The van der Waals surface area contributed by atoms with Crippen molar-refractivity contribution in [2.75, 3.05) is 5.32 Å². The molecule has 23 heavy (non-hydrogen) atoms. The molecule has 0 aliphatic rings. The third-order valence-corrected chi connectivity index (χ3v) is 5.65. The molecule has 3 rings (SSSR count). The third kappa shape index (κ3) is 4.61. The topological polar surface area (TPSA) is 37.8 Å². The van der Waals surface area contributed by atoms with E-state index in [0.29, 0.717) is 10.0 Å². The van der Waals surface area contributed by atoms with Crippen LogP contribution in [0.5, 0.6) is 0 Å². The van der Waals surface area contributed by atoms with E-state index in [1.807, 2.05) is 24.3 Å². The number of aryl methyl sites for hydroxylation is 1. The van der Waals surface area contributed by atoms with E-state index >= 15 is 0 Å². The molecule has 0 amide bonds. The van der Waals surface area contributed by atoms with Crippen LogP contribution in [0, 0.1) is 6.92 Å². The van der Waals surface area contributed by atoms with Crippen molar-refractivity contribution >= 4 is 57.1 Å². The molecule has 0 saturated carbocycles. The second-order valence-electron chi connectivity index (χ2n) is 4.89. The van der Waals surface area contributed by atoms with Gasteiger partial charge in [0.1, 0.15) is 0 Å². The minimum Gasteiger partial charge on any atom is -0.330 e. The Morgan fingerprint density at radius 1 is 1.13 bits per heavy atom. The number of halogens is 2. The number of nitrogens with one attached hydrogen (secondary N) is 1. The monoisotopic (exact) mass is 381 g/mol. The van der Waals surface area contributed by atoms with Gasteiger partial charge in [-0.15, -0.1) is 10.2 Å². The first kappa shape index (κ1) is 16.6. The second-order valence-corrected chi connectivity index (χ2v) is 7.94. The number of nitrogens with zero attached hydrogens (tertiary/aromatic N) is 2. The molecule has 2 aromatic carbocycles. The van der Waals surface area contributed by atoms with E-state index in [9.17, 15) is 0 Å². The van der Waals surface area contributed by atoms with Gasteiger partial charge in [0.2, 0.25) is 5.13 Å². The zero-order valence-electron chi connectivity index (χ0n) is 12.2. The molecule has 1 aromatic heterocycles. The van der Waals surface area contributed by atoms with Crippen molar-refractivity contribution in [3.05, 3.63) is 63.6 Å². The van der Waals surface area contributed by atoms with E-state index in [1.54, 1.807) is 17.8 Å². The highest BCUT2D eigenvalue weighted by Crippen LogP contribution is 2.32. The molecule has 118 valence electrons. The van der Waals surface area contributed by atoms with Gasteiger partial charge in [-0.1, -0.05) is 64.5 Å². The summed E-state index contributed by atoms with van der Waals surface area (Å²) in [6.45, 7) is 2.06. The summed E-state index contributed by atoms with van der Waals surface area (Å²) in [5.41, 5.74) is 3.24. The van der Waals surface area contributed by atoms with Crippen LogP contribution < -0.4 is 5.32 Å². The molecule has 3 aromatic rings. The molecule has 1 N–H and O–H groups in total. The van der Waals surface area contributed by atoms with Crippen LogP contribution in [0.4, 0.5) is 10.8 Å². The molecule has 0 fully saturated rings. The van der Waals surface area contributed by atoms with Crippen LogP contribution in [0.15, 0.2) is 46.8 Å². The lowest BCUT2D eigenvalue weighted by Gasteiger charge is -2.03. The number of hydrogen-bond acceptors (Lipinski definition) is 5. The lowest BCUT2D eigenvalue weighted by Crippen LogP contribution is -1.89. The van der Waals surface area contributed by atoms with E-state index < -0.39 is 0 Å². The van der Waals surface area contributed by atoms with Crippen LogP contribution in [0.2, 0.25) is 10.0 Å². The smallest absolute Gasteiger partial charge is 0.210 e. The first-order valence-corrected chi connectivity index (χ1v) is 9.40. The molecule has 0 unspecified atom stereocenters. The van der Waals surface area contributed by atoms with Crippen molar-refractivity contribution in [2.45, 2.75) is 17.0 Å². The lowest BCUT2D eigenvalue weighted by atomic mass is 10.2. The lowest BCUT2D eigenvalue weighted by molar-refractivity contribution is 1.01. The average Bonchev–Trinajstić information content (AvgIpc) is 2.94. The van der Waals surface area contributed by atoms with E-state index in [4.69, 9.17) is 23.2 Å². The van der Waals surface area contributed by atoms with Crippen LogP contribution in [0.25, 0.3) is 0 Å². The highest BCUT2D eigenvalue weighted by molar-refractivity contribution is 8.00. The molecule has 3 nitrogen and oxygen atoms in total. The summed E-state index contributed by atoms with van der Waals surface area (Å²) in [5, 5.41) is 13.7. The minimum absolute atomic E-state index is 0.643. The van der Waals surface area contributed by atoms with E-state index in [0.717, 1.165) is 26.5 Å². The second kappa shape index (κ2) is 7.53. The van der Waals surface area contributed by atoms with Gasteiger partial charge >= 0.3 is 0 Å². The summed E-state index contributed by atoms with van der Waals surface area (Å²) >= 11 is 15.2. The third-order valence-electron chi connectivity index (χ3n) is 3.04. The Hall–Kier alpha value is -1.27. The van der Waals surface area contributed by atoms with E-state index in [2.05, 4.69) is 34.6 Å². The van der Waals surface area contributed by atoms with Gasteiger partial charge in [0.05, 0.1) is 0 Å². The van der Waals surface area contributed by atoms with Crippen LogP contribution in [0.3, 0.4) is 0 Å². The van der Waals surface area contributed by atoms with E-state index in [-0.39, 0.29) is 0 Å². The normalized spacial score (nSPS) is 10.7. The molecule has 0 spiro atoms. The predicted molar refractivity (Wildman–Crippen MR) is 100 cm³/mol. The summed E-state index contributed by atoms with van der Waals surface area (Å²) in [7, 11) is 0. The van der Waals surface area contributed by atoms with Crippen molar-refractivity contribution in [3.63, 3.8) is 0 Å². The molecule has 0 saturated heterocycles. The van der Waals surface area contributed by atoms with Gasteiger partial charge in [0.25, 0.3) is 0 Å². The SMILES string of the molecule is Cc1cccc(Nc2nnc(SCc3ccc(Cl)cc3Cl)s2)c1. The first-order chi connectivity index (χ1) is 11.1. The predicted octanol–water partition coefficient (Wildman–Crippen LogP) is 6.19. The van der Waals surface area contributed by atoms with Crippen molar-refractivity contribution in [3.8, 4) is 0 Å². The van der Waals surface area contributed by atoms with Gasteiger partial charge in [-0.25, -0.2) is 0 Å². The Labute approximate surface area is 153 Å². The maximum absolute atomic E-state index is 6.18. The molecule has 7 heteroatoms. The Morgan fingerprint density at radius 2 is 2.00 bits per heavy atom. The van der Waals surface area contributed by atoms with Crippen LogP contribution in [-0.4, -0.2) is 10.2 Å². The number of hydrogen-bond donors (Lipinski definition) is 1. The maximum Gasteiger partial charge on any atom is 0.210 e. The van der Waals surface area contributed by atoms with Crippen molar-refractivity contribution in [1.29, 1.82) is 0 Å². The van der Waals surface area contributed by atoms with Gasteiger partial charge in [0, 0.05) is 21.5 Å². The minimum atomic E-state index is 0.643. The summed E-state index contributed by atoms with van der Waals surface area (Å²) in [5.74, 6) is 0.731. The van der Waals surface area contributed by atoms with Gasteiger partial charge in [0.15, 0.2) is 4.34 Å². The standard InChI is InChI=1S/C16H13Cl2N3S2/c1-10-3-2-4-13(7-10)19-15-20-21-16(23-15)22-9-11-5-6-12(17)8-14(11)18/h2-8H,9H2,1H3,(H,19,20). The Kier molecular flexibility index (Phi) is 5.43. The highest BCUT2D eigenvalue weighted by Gasteiger charge is 2.08. The van der Waals surface area contributed by atoms with Crippen LogP contribution >= 0.6 is 46.3 Å². The zero-order valence-corrected chi connectivity index (χ0v) is 15.4. The number of aromatic nitrogens is 2. The van der Waals surface area contributed by atoms with Gasteiger partial charge in [-0.3, -0.25) is 0 Å². The van der Waals surface area contributed by atoms with Crippen molar-refractivity contribution in [2.24, 2.45) is 0 Å². The zero-order chi connectivity index (χ0) is 16.2. The number of thioether (sulfide) groups is 1. The number of rotatable bonds is 5. The molecular formula is C16H13Cl2N3S2. The van der Waals surface area contributed by atoms with E-state index in [1.165, 1.54) is 16.9 Å². The Bertz CT molecular complexity index is 821. The fraction of sp³-hybridized carbons (Fsp3) is 0.125. The molecule has 0 atom stereocenters. The quantitative estimate of drug-likeness (QED) is 0.534. The molecule has 0 aliphatic heterocycles. The summed E-state index contributed by atoms with van der Waals surface area (Å²) in [6, 6.07) is 13.7. The van der Waals surface area contributed by atoms with Gasteiger partial charge in [-0.05, 0) is 42.3 Å². The highest BCUT2D eigenvalue weighted by atomic mass is 35.5. The largest absolute Gasteiger partial charge is 0.330 e. The molecule has 0 bridgehead atoms. The summed E-state index contributed by atoms with van der Waals surface area (Å²) in [4.78, 5) is 0. The van der Waals surface area contributed by atoms with Crippen molar-refractivity contribution < 1.29 is 0 Å². The molecule has 0 radical (unpaired) electrons. The Morgan fingerprint density at radius 3 is 2.78 bits per heavy atom. The summed E-state index contributed by atoms with van der Waals surface area (Å²) in [6.07, 6.45) is 0. The van der Waals surface area contributed by atoms with Gasteiger partial charge in [-0.2, -0.15) is 0 Å². The van der Waals surface area contributed by atoms with Crippen molar-refractivity contribution in [1.82, 2.24) is 10.2 Å². The van der Waals surface area contributed by atoms with Crippen LogP contribution in [-0.2, 0) is 5.75 Å². The average molecular weight is 382 g/mol. The fourth-order valence-corrected chi connectivity index (χ4v) is 4.27. The molecule has 1 heterocycles. The first-order valence-electron chi connectivity index (χ1n) is 6.84. The van der Waals surface area contributed by atoms with Crippen LogP contribution in [0.1, 0.15) is 11.1 Å². The summed E-state index contributed by atoms with van der Waals surface area (Å²) < 4.78 is 0.895. The number of anilines is 2. The number of benzene rings is 2. The fourth-order valence-electron chi connectivity index (χ4n) is 1.94. The Balaban J connectivity index is 1.63. The molecular weight excluding hydrogens is 369 g/mol.